The summed E-state index contributed by atoms with van der Waals surface area (Å²) >= 11 is 0. The minimum Gasteiger partial charge on any atom is -0.300 e. The molecule has 0 aliphatic rings. The third-order valence-electron chi connectivity index (χ3n) is 2.83. The highest BCUT2D eigenvalue weighted by molar-refractivity contribution is 5.79. The molecule has 0 radical (unpaired) electrons. The van der Waals surface area contributed by atoms with E-state index in [1.165, 1.54) is 0 Å². The van der Waals surface area contributed by atoms with Gasteiger partial charge in [0.1, 0.15) is 11.6 Å². The van der Waals surface area contributed by atoms with Gasteiger partial charge in [0.05, 0.1) is 0 Å². The van der Waals surface area contributed by atoms with Crippen LogP contribution in [0.4, 0.5) is 0 Å². The number of Topliss-reactive ketones (excluding diaryl/α,β-unsaturated/α-hetero) is 1. The lowest BCUT2D eigenvalue weighted by molar-refractivity contribution is -0.120. The number of carbonyl (C=O) groups is 1. The number of aromatic nitrogens is 2. The molecule has 1 rings (SSSR count). The van der Waals surface area contributed by atoms with Crippen LogP contribution in [0.15, 0.2) is 12.3 Å². The van der Waals surface area contributed by atoms with Gasteiger partial charge >= 0.3 is 0 Å². The van der Waals surface area contributed by atoms with Crippen molar-refractivity contribution in [3.05, 3.63) is 23.8 Å². The molecule has 0 fully saturated rings. The molecule has 0 atom stereocenters. The van der Waals surface area contributed by atoms with E-state index in [4.69, 9.17) is 0 Å². The molecule has 0 saturated heterocycles. The number of aryl methyl sites for hydroxylation is 1. The summed E-state index contributed by atoms with van der Waals surface area (Å²) < 4.78 is 0. The van der Waals surface area contributed by atoms with Crippen LogP contribution >= 0.6 is 0 Å². The predicted molar refractivity (Wildman–Crippen MR) is 82.6 cm³/mol. The second-order valence-electron chi connectivity index (χ2n) is 7.98. The first-order valence-electron chi connectivity index (χ1n) is 7.38. The van der Waals surface area contributed by atoms with Crippen LogP contribution < -0.4 is 0 Å². The van der Waals surface area contributed by atoms with Crippen molar-refractivity contribution >= 4 is 5.78 Å². The fourth-order valence-electron chi connectivity index (χ4n) is 2.13. The zero-order valence-electron chi connectivity index (χ0n) is 13.8. The number of nitrogens with zero attached hydrogens (tertiary/aromatic N) is 2. The summed E-state index contributed by atoms with van der Waals surface area (Å²) in [7, 11) is 0. The molecule has 20 heavy (non-hydrogen) atoms. The van der Waals surface area contributed by atoms with Crippen LogP contribution in [0.3, 0.4) is 0 Å². The number of rotatable bonds is 5. The van der Waals surface area contributed by atoms with Gasteiger partial charge in [-0.05, 0) is 23.3 Å². The molecule has 1 aromatic heterocycles. The lowest BCUT2D eigenvalue weighted by atomic mass is 9.88. The predicted octanol–water partition coefficient (Wildman–Crippen LogP) is 4.00. The summed E-state index contributed by atoms with van der Waals surface area (Å²) in [6.45, 7) is 12.9. The minimum absolute atomic E-state index is 0.0615. The van der Waals surface area contributed by atoms with Gasteiger partial charge in [-0.2, -0.15) is 0 Å². The molecular weight excluding hydrogens is 248 g/mol. The van der Waals surface area contributed by atoms with E-state index < -0.39 is 0 Å². The summed E-state index contributed by atoms with van der Waals surface area (Å²) in [6, 6.07) is 1.96. The Morgan fingerprint density at radius 3 is 2.30 bits per heavy atom. The van der Waals surface area contributed by atoms with Gasteiger partial charge in [0.2, 0.25) is 0 Å². The monoisotopic (exact) mass is 276 g/mol. The van der Waals surface area contributed by atoms with Gasteiger partial charge in [0, 0.05) is 31.2 Å². The molecule has 3 nitrogen and oxygen atoms in total. The molecule has 0 bridgehead atoms. The summed E-state index contributed by atoms with van der Waals surface area (Å²) in [4.78, 5) is 20.7. The van der Waals surface area contributed by atoms with Gasteiger partial charge in [-0.3, -0.25) is 4.79 Å². The van der Waals surface area contributed by atoms with Crippen molar-refractivity contribution in [3.63, 3.8) is 0 Å². The second kappa shape index (κ2) is 6.47. The van der Waals surface area contributed by atoms with E-state index in [-0.39, 0.29) is 10.8 Å². The molecule has 3 heteroatoms. The summed E-state index contributed by atoms with van der Waals surface area (Å²) in [5, 5.41) is 0. The zero-order chi connectivity index (χ0) is 15.4. The van der Waals surface area contributed by atoms with Crippen molar-refractivity contribution in [1.29, 1.82) is 0 Å². The molecule has 1 heterocycles. The summed E-state index contributed by atoms with van der Waals surface area (Å²) in [5.41, 5.74) is 1.34. The summed E-state index contributed by atoms with van der Waals surface area (Å²) in [5.74, 6) is 1.08. The summed E-state index contributed by atoms with van der Waals surface area (Å²) in [6.07, 6.45) is 4.54. The smallest absolute Gasteiger partial charge is 0.133 e. The van der Waals surface area contributed by atoms with Gasteiger partial charge in [-0.15, -0.1) is 0 Å². The fourth-order valence-corrected chi connectivity index (χ4v) is 2.13. The Labute approximate surface area is 123 Å². The van der Waals surface area contributed by atoms with E-state index in [0.717, 1.165) is 17.9 Å². The standard InChI is InChI=1S/C17H28N2O/c1-16(2,3)11-13-9-10-18-15(19-13)8-7-14(20)12-17(4,5)6/h9-10H,7-8,11-12H2,1-6H3. The van der Waals surface area contributed by atoms with Gasteiger partial charge in [0.15, 0.2) is 0 Å². The van der Waals surface area contributed by atoms with Crippen LogP contribution in [0.1, 0.15) is 65.9 Å². The molecule has 0 aliphatic heterocycles. The highest BCUT2D eigenvalue weighted by Gasteiger charge is 2.16. The first-order valence-corrected chi connectivity index (χ1v) is 7.38. The molecule has 112 valence electrons. The zero-order valence-corrected chi connectivity index (χ0v) is 13.8. The average molecular weight is 276 g/mol. The molecule has 0 aliphatic carbocycles. The van der Waals surface area contributed by atoms with Crippen LogP contribution in [-0.4, -0.2) is 15.8 Å². The molecule has 0 spiro atoms. The quantitative estimate of drug-likeness (QED) is 0.816. The van der Waals surface area contributed by atoms with E-state index >= 15 is 0 Å². The molecule has 1 aromatic rings. The van der Waals surface area contributed by atoms with Crippen LogP contribution in [0.5, 0.6) is 0 Å². The van der Waals surface area contributed by atoms with Crippen molar-refractivity contribution in [3.8, 4) is 0 Å². The van der Waals surface area contributed by atoms with E-state index in [2.05, 4.69) is 51.5 Å². The lowest BCUT2D eigenvalue weighted by Gasteiger charge is -2.18. The Bertz CT molecular complexity index is 453. The van der Waals surface area contributed by atoms with Gasteiger partial charge in [0.25, 0.3) is 0 Å². The minimum atomic E-state index is 0.0615. The largest absolute Gasteiger partial charge is 0.300 e. The Morgan fingerprint density at radius 1 is 1.10 bits per heavy atom. The molecule has 0 unspecified atom stereocenters. The third kappa shape index (κ3) is 7.37. The van der Waals surface area contributed by atoms with E-state index in [9.17, 15) is 4.79 Å². The maximum atomic E-state index is 11.9. The van der Waals surface area contributed by atoms with Crippen LogP contribution in [0.2, 0.25) is 0 Å². The van der Waals surface area contributed by atoms with Crippen LogP contribution in [0.25, 0.3) is 0 Å². The Balaban J connectivity index is 2.57. The van der Waals surface area contributed by atoms with Gasteiger partial charge in [-0.1, -0.05) is 41.5 Å². The fraction of sp³-hybridized carbons (Fsp3) is 0.706. The highest BCUT2D eigenvalue weighted by Crippen LogP contribution is 2.21. The number of carbonyl (C=O) groups excluding carboxylic acids is 1. The SMILES string of the molecule is CC(C)(C)CC(=O)CCc1nccc(CC(C)(C)C)n1. The van der Waals surface area contributed by atoms with Crippen molar-refractivity contribution in [2.75, 3.05) is 0 Å². The highest BCUT2D eigenvalue weighted by atomic mass is 16.1. The van der Waals surface area contributed by atoms with Gasteiger partial charge in [-0.25, -0.2) is 9.97 Å². The maximum Gasteiger partial charge on any atom is 0.133 e. The second-order valence-corrected chi connectivity index (χ2v) is 7.98. The lowest BCUT2D eigenvalue weighted by Crippen LogP contribution is -2.14. The van der Waals surface area contributed by atoms with E-state index in [1.807, 2.05) is 6.07 Å². The number of hydrogen-bond donors (Lipinski definition) is 0. The normalized spacial score (nSPS) is 12.5. The molecule has 0 aromatic carbocycles. The first-order chi connectivity index (χ1) is 9.05. The van der Waals surface area contributed by atoms with Gasteiger partial charge < -0.3 is 0 Å². The van der Waals surface area contributed by atoms with Crippen molar-refractivity contribution in [1.82, 2.24) is 9.97 Å². The van der Waals surface area contributed by atoms with Crippen LogP contribution in [-0.2, 0) is 17.6 Å². The Hall–Kier alpha value is -1.25. The van der Waals surface area contributed by atoms with E-state index in [1.54, 1.807) is 6.20 Å². The van der Waals surface area contributed by atoms with Crippen molar-refractivity contribution in [2.24, 2.45) is 10.8 Å². The molecule has 0 saturated carbocycles. The van der Waals surface area contributed by atoms with Crippen molar-refractivity contribution in [2.45, 2.75) is 67.2 Å². The Morgan fingerprint density at radius 2 is 1.75 bits per heavy atom. The van der Waals surface area contributed by atoms with Crippen LogP contribution in [0, 0.1) is 10.8 Å². The third-order valence-corrected chi connectivity index (χ3v) is 2.83. The topological polar surface area (TPSA) is 42.9 Å². The average Bonchev–Trinajstić information content (AvgIpc) is 2.22. The van der Waals surface area contributed by atoms with Crippen molar-refractivity contribution < 1.29 is 4.79 Å². The van der Waals surface area contributed by atoms with E-state index in [0.29, 0.717) is 25.0 Å². The first kappa shape index (κ1) is 16.8. The maximum absolute atomic E-state index is 11.9. The Kier molecular flexibility index (Phi) is 5.43. The molecular formula is C17H28N2O. The molecule has 0 N–H and O–H groups in total. The number of hydrogen-bond acceptors (Lipinski definition) is 3. The number of ketones is 1. The molecule has 0 amide bonds.